The van der Waals surface area contributed by atoms with Crippen LogP contribution in [0.4, 0.5) is 10.5 Å². The van der Waals surface area contributed by atoms with E-state index in [1.54, 1.807) is 11.9 Å². The summed E-state index contributed by atoms with van der Waals surface area (Å²) in [7, 11) is 3.09. The lowest BCUT2D eigenvalue weighted by Crippen LogP contribution is -2.37. The van der Waals surface area contributed by atoms with E-state index in [1.165, 1.54) is 32.4 Å². The first-order valence-corrected chi connectivity index (χ1v) is 10.7. The van der Waals surface area contributed by atoms with Crippen LogP contribution in [0.3, 0.4) is 0 Å². The summed E-state index contributed by atoms with van der Waals surface area (Å²) in [5.74, 6) is -1.23. The van der Waals surface area contributed by atoms with Gasteiger partial charge in [0, 0.05) is 19.3 Å². The molecule has 0 bridgehead atoms. The molecule has 0 atom stereocenters. The van der Waals surface area contributed by atoms with Crippen molar-refractivity contribution in [1.29, 1.82) is 0 Å². The minimum Gasteiger partial charge on any atom is -0.490 e. The molecule has 2 aromatic carbocycles. The highest BCUT2D eigenvalue weighted by atomic mass is 16.5. The van der Waals surface area contributed by atoms with Crippen LogP contribution in [0.1, 0.15) is 44.6 Å². The highest BCUT2D eigenvalue weighted by Crippen LogP contribution is 2.25. The van der Waals surface area contributed by atoms with Gasteiger partial charge in [-0.15, -0.1) is 0 Å². The van der Waals surface area contributed by atoms with Gasteiger partial charge in [-0.3, -0.25) is 4.90 Å². The monoisotopic (exact) mass is 424 g/mol. The van der Waals surface area contributed by atoms with Crippen molar-refractivity contribution in [2.45, 2.75) is 39.0 Å². The number of anilines is 1. The number of carboxylic acids is 1. The maximum atomic E-state index is 12.5. The van der Waals surface area contributed by atoms with Gasteiger partial charge in [-0.1, -0.05) is 69.0 Å². The maximum Gasteiger partial charge on any atom is 0.371 e. The molecule has 6 heteroatoms. The molecule has 166 valence electrons. The number of nitrogens with one attached hydrogen (secondary N) is 1. The van der Waals surface area contributed by atoms with Gasteiger partial charge >= 0.3 is 12.0 Å². The van der Waals surface area contributed by atoms with E-state index in [1.807, 2.05) is 48.5 Å². The van der Waals surface area contributed by atoms with Crippen LogP contribution in [0.15, 0.2) is 54.3 Å². The summed E-state index contributed by atoms with van der Waals surface area (Å²) >= 11 is 0. The second-order valence-corrected chi connectivity index (χ2v) is 7.40. The van der Waals surface area contributed by atoms with Gasteiger partial charge in [0.25, 0.3) is 0 Å². The van der Waals surface area contributed by atoms with Crippen LogP contribution >= 0.6 is 0 Å². The Morgan fingerprint density at radius 3 is 2.39 bits per heavy atom. The largest absolute Gasteiger partial charge is 0.490 e. The number of hydrogen-bond acceptors (Lipinski definition) is 3. The molecule has 0 aliphatic carbocycles. The fourth-order valence-corrected chi connectivity index (χ4v) is 3.18. The Balaban J connectivity index is 2.02. The van der Waals surface area contributed by atoms with Crippen molar-refractivity contribution >= 4 is 23.8 Å². The number of aliphatic carboxylic acids is 1. The molecule has 0 aliphatic heterocycles. The van der Waals surface area contributed by atoms with Gasteiger partial charge in [0.1, 0.15) is 0 Å². The molecular formula is C25H32N2O4. The van der Waals surface area contributed by atoms with Crippen molar-refractivity contribution in [2.75, 3.05) is 25.6 Å². The zero-order valence-electron chi connectivity index (χ0n) is 18.6. The number of methoxy groups -OCH3 is 1. The number of carbonyl (C=O) groups is 2. The quantitative estimate of drug-likeness (QED) is 0.282. The number of carboxylic acid groups (broad SMARTS) is 1. The average molecular weight is 425 g/mol. The standard InChI is InChI=1S/C25H32N2O4/c1-4-5-6-7-8-16-26-25(30)27(2)22-11-9-10-21(18-22)20-14-12-19(13-15-20)17-23(31-3)24(28)29/h9-15,17-18H,4-8,16H2,1-3H3,(H,26,30)(H,28,29)/b23-17-. The third-order valence-electron chi connectivity index (χ3n) is 5.07. The SMILES string of the molecule is CCCCCCCNC(=O)N(C)c1cccc(-c2ccc(/C=C(\OC)C(=O)O)cc2)c1. The van der Waals surface area contributed by atoms with Gasteiger partial charge in [-0.2, -0.15) is 0 Å². The first-order chi connectivity index (χ1) is 15.0. The van der Waals surface area contributed by atoms with Crippen molar-refractivity contribution in [2.24, 2.45) is 0 Å². The molecular weight excluding hydrogens is 392 g/mol. The minimum absolute atomic E-state index is 0.117. The van der Waals surface area contributed by atoms with E-state index < -0.39 is 5.97 Å². The molecule has 0 radical (unpaired) electrons. The molecule has 6 nitrogen and oxygen atoms in total. The molecule has 0 saturated carbocycles. The zero-order valence-corrected chi connectivity index (χ0v) is 18.6. The lowest BCUT2D eigenvalue weighted by Gasteiger charge is -2.19. The summed E-state index contributed by atoms with van der Waals surface area (Å²) in [6, 6.07) is 15.1. The first kappa shape index (κ1) is 24.0. The van der Waals surface area contributed by atoms with Crippen LogP contribution in [-0.4, -0.2) is 37.8 Å². The second kappa shape index (κ2) is 12.4. The zero-order chi connectivity index (χ0) is 22.6. The second-order valence-electron chi connectivity index (χ2n) is 7.40. The first-order valence-electron chi connectivity index (χ1n) is 10.7. The van der Waals surface area contributed by atoms with Gasteiger partial charge in [0.15, 0.2) is 0 Å². The smallest absolute Gasteiger partial charge is 0.371 e. The van der Waals surface area contributed by atoms with E-state index in [-0.39, 0.29) is 11.8 Å². The summed E-state index contributed by atoms with van der Waals surface area (Å²) in [4.78, 5) is 25.1. The van der Waals surface area contributed by atoms with Crippen molar-refractivity contribution in [3.63, 3.8) is 0 Å². The predicted octanol–water partition coefficient (Wildman–Crippen LogP) is 5.54. The van der Waals surface area contributed by atoms with Gasteiger partial charge in [0.05, 0.1) is 7.11 Å². The van der Waals surface area contributed by atoms with Crippen LogP contribution in [0, 0.1) is 0 Å². The van der Waals surface area contributed by atoms with Crippen LogP contribution in [0.25, 0.3) is 17.2 Å². The lowest BCUT2D eigenvalue weighted by molar-refractivity contribution is -0.135. The number of unbranched alkanes of at least 4 members (excludes halogenated alkanes) is 4. The molecule has 0 spiro atoms. The van der Waals surface area contributed by atoms with E-state index in [0.29, 0.717) is 6.54 Å². The van der Waals surface area contributed by atoms with E-state index in [9.17, 15) is 9.59 Å². The molecule has 2 N–H and O–H groups in total. The molecule has 0 aromatic heterocycles. The number of ether oxygens (including phenoxy) is 1. The van der Waals surface area contributed by atoms with Crippen molar-refractivity contribution < 1.29 is 19.4 Å². The van der Waals surface area contributed by atoms with E-state index in [4.69, 9.17) is 9.84 Å². The molecule has 2 aromatic rings. The van der Waals surface area contributed by atoms with Gasteiger partial charge in [-0.25, -0.2) is 9.59 Å². The van der Waals surface area contributed by atoms with E-state index in [2.05, 4.69) is 12.2 Å². The Morgan fingerprint density at radius 1 is 1.03 bits per heavy atom. The lowest BCUT2D eigenvalue weighted by atomic mass is 10.0. The molecule has 0 unspecified atom stereocenters. The number of benzene rings is 2. The number of hydrogen-bond donors (Lipinski definition) is 2. The summed E-state index contributed by atoms with van der Waals surface area (Å²) in [5.41, 5.74) is 3.47. The molecule has 0 saturated heterocycles. The normalized spacial score (nSPS) is 11.1. The summed E-state index contributed by atoms with van der Waals surface area (Å²) in [6.07, 6.45) is 7.27. The fourth-order valence-electron chi connectivity index (χ4n) is 3.18. The van der Waals surface area contributed by atoms with Crippen LogP contribution in [0.2, 0.25) is 0 Å². The van der Waals surface area contributed by atoms with E-state index >= 15 is 0 Å². The molecule has 0 aliphatic rings. The highest BCUT2D eigenvalue weighted by molar-refractivity contribution is 5.92. The predicted molar refractivity (Wildman–Crippen MR) is 125 cm³/mol. The molecule has 0 fully saturated rings. The number of amides is 2. The summed E-state index contributed by atoms with van der Waals surface area (Å²) in [6.45, 7) is 2.87. The van der Waals surface area contributed by atoms with Crippen LogP contribution in [-0.2, 0) is 9.53 Å². The fraction of sp³-hybridized carbons (Fsp3) is 0.360. The number of nitrogens with zero attached hydrogens (tertiary/aromatic N) is 1. The Hall–Kier alpha value is -3.28. The number of carbonyl (C=O) groups excluding carboxylic acids is 1. The number of urea groups is 1. The molecule has 2 amide bonds. The molecule has 2 rings (SSSR count). The van der Waals surface area contributed by atoms with Crippen molar-refractivity contribution in [3.05, 3.63) is 59.9 Å². The average Bonchev–Trinajstić information content (AvgIpc) is 2.79. The molecule has 0 heterocycles. The van der Waals surface area contributed by atoms with Gasteiger partial charge in [0.2, 0.25) is 5.76 Å². The van der Waals surface area contributed by atoms with E-state index in [0.717, 1.165) is 35.2 Å². The van der Waals surface area contributed by atoms with Gasteiger partial charge in [-0.05, 0) is 41.3 Å². The van der Waals surface area contributed by atoms with Crippen LogP contribution in [0.5, 0.6) is 0 Å². The summed E-state index contributed by atoms with van der Waals surface area (Å²) < 4.78 is 4.87. The van der Waals surface area contributed by atoms with Crippen molar-refractivity contribution in [1.82, 2.24) is 5.32 Å². The van der Waals surface area contributed by atoms with Crippen molar-refractivity contribution in [3.8, 4) is 11.1 Å². The Labute approximate surface area is 184 Å². The van der Waals surface area contributed by atoms with Crippen LogP contribution < -0.4 is 10.2 Å². The Morgan fingerprint density at radius 2 is 1.74 bits per heavy atom. The molecule has 31 heavy (non-hydrogen) atoms. The highest BCUT2D eigenvalue weighted by Gasteiger charge is 2.11. The van der Waals surface area contributed by atoms with Gasteiger partial charge < -0.3 is 15.2 Å². The third-order valence-corrected chi connectivity index (χ3v) is 5.07. The number of rotatable bonds is 11. The Kier molecular flexibility index (Phi) is 9.62. The summed E-state index contributed by atoms with van der Waals surface area (Å²) in [5, 5.41) is 12.0. The third kappa shape index (κ3) is 7.48. The Bertz CT molecular complexity index is 891. The topological polar surface area (TPSA) is 78.9 Å². The minimum atomic E-state index is -1.11. The maximum absolute atomic E-state index is 12.5.